The first-order valence-electron chi connectivity index (χ1n) is 6.19. The van der Waals surface area contributed by atoms with Crippen LogP contribution in [0.3, 0.4) is 0 Å². The van der Waals surface area contributed by atoms with Crippen molar-refractivity contribution in [3.63, 3.8) is 0 Å². The van der Waals surface area contributed by atoms with Gasteiger partial charge in [-0.25, -0.2) is 9.66 Å². The summed E-state index contributed by atoms with van der Waals surface area (Å²) in [6.07, 6.45) is 0. The van der Waals surface area contributed by atoms with Gasteiger partial charge in [-0.15, -0.1) is 0 Å². The molecule has 0 saturated carbocycles. The number of aromatic nitrogens is 2. The van der Waals surface area contributed by atoms with Gasteiger partial charge in [0.1, 0.15) is 0 Å². The quantitative estimate of drug-likeness (QED) is 0.455. The largest absolute Gasteiger partial charge is 0.334 e. The van der Waals surface area contributed by atoms with Gasteiger partial charge in [0.2, 0.25) is 0 Å². The number of nitrogen functional groups attached to an aromatic ring is 1. The minimum absolute atomic E-state index is 0.217. The summed E-state index contributed by atoms with van der Waals surface area (Å²) in [5.74, 6) is 6.56. The third-order valence-electron chi connectivity index (χ3n) is 2.99. The van der Waals surface area contributed by atoms with Crippen molar-refractivity contribution in [1.82, 2.24) is 9.66 Å². The van der Waals surface area contributed by atoms with Gasteiger partial charge >= 0.3 is 0 Å². The van der Waals surface area contributed by atoms with Gasteiger partial charge in [-0.2, -0.15) is 0 Å². The van der Waals surface area contributed by atoms with E-state index in [4.69, 9.17) is 5.84 Å². The summed E-state index contributed by atoms with van der Waals surface area (Å²) in [4.78, 5) is 16.6. The van der Waals surface area contributed by atoms with Gasteiger partial charge < -0.3 is 5.84 Å². The van der Waals surface area contributed by atoms with Crippen LogP contribution in [-0.4, -0.2) is 9.66 Å². The number of rotatable bonds is 3. The Morgan fingerprint density at radius 2 is 1.75 bits per heavy atom. The number of hydrogen-bond acceptors (Lipinski definition) is 4. The number of nitrogens with zero attached hydrogens (tertiary/aromatic N) is 2. The van der Waals surface area contributed by atoms with Crippen LogP contribution < -0.4 is 11.4 Å². The fourth-order valence-corrected chi connectivity index (χ4v) is 2.82. The number of thioether (sulfide) groups is 1. The van der Waals surface area contributed by atoms with Crippen molar-refractivity contribution >= 4 is 22.7 Å². The SMILES string of the molecule is Nn1c(SCc2ccccc2)nc2ccccc2c1=O. The van der Waals surface area contributed by atoms with E-state index in [1.165, 1.54) is 17.3 Å². The summed E-state index contributed by atoms with van der Waals surface area (Å²) in [6.45, 7) is 0. The maximum absolute atomic E-state index is 12.1. The molecule has 2 aromatic carbocycles. The highest BCUT2D eigenvalue weighted by atomic mass is 32.2. The van der Waals surface area contributed by atoms with Crippen LogP contribution in [-0.2, 0) is 5.75 Å². The molecular formula is C15H13N3OS. The van der Waals surface area contributed by atoms with Gasteiger partial charge in [0.25, 0.3) is 5.56 Å². The van der Waals surface area contributed by atoms with E-state index in [-0.39, 0.29) is 5.56 Å². The fraction of sp³-hybridized carbons (Fsp3) is 0.0667. The Morgan fingerprint density at radius 1 is 1.05 bits per heavy atom. The van der Waals surface area contributed by atoms with Gasteiger partial charge in [0.05, 0.1) is 10.9 Å². The monoisotopic (exact) mass is 283 g/mol. The highest BCUT2D eigenvalue weighted by Crippen LogP contribution is 2.20. The molecule has 0 bridgehead atoms. The second kappa shape index (κ2) is 5.38. The average molecular weight is 283 g/mol. The number of para-hydroxylation sites is 1. The average Bonchev–Trinajstić information content (AvgIpc) is 2.50. The molecule has 3 rings (SSSR count). The second-order valence-corrected chi connectivity index (χ2v) is 5.30. The predicted octanol–water partition coefficient (Wildman–Crippen LogP) is 2.40. The lowest BCUT2D eigenvalue weighted by molar-refractivity contribution is 0.779. The summed E-state index contributed by atoms with van der Waals surface area (Å²) in [6, 6.07) is 17.2. The van der Waals surface area contributed by atoms with Crippen molar-refractivity contribution in [2.45, 2.75) is 10.9 Å². The molecule has 2 N–H and O–H groups in total. The van der Waals surface area contributed by atoms with Gasteiger partial charge in [0.15, 0.2) is 5.16 Å². The summed E-state index contributed by atoms with van der Waals surface area (Å²) >= 11 is 1.46. The van der Waals surface area contributed by atoms with E-state index < -0.39 is 0 Å². The molecule has 100 valence electrons. The van der Waals surface area contributed by atoms with E-state index in [1.54, 1.807) is 6.07 Å². The van der Waals surface area contributed by atoms with Crippen molar-refractivity contribution in [3.8, 4) is 0 Å². The van der Waals surface area contributed by atoms with Gasteiger partial charge in [-0.3, -0.25) is 4.79 Å². The number of hydrogen-bond donors (Lipinski definition) is 1. The molecule has 0 fully saturated rings. The molecule has 0 unspecified atom stereocenters. The molecule has 3 aromatic rings. The van der Waals surface area contributed by atoms with Crippen LogP contribution in [0.5, 0.6) is 0 Å². The lowest BCUT2D eigenvalue weighted by Crippen LogP contribution is -2.29. The second-order valence-electron chi connectivity index (χ2n) is 4.36. The van der Waals surface area contributed by atoms with E-state index in [2.05, 4.69) is 4.98 Å². The summed E-state index contributed by atoms with van der Waals surface area (Å²) in [7, 11) is 0. The van der Waals surface area contributed by atoms with Crippen LogP contribution >= 0.6 is 11.8 Å². The van der Waals surface area contributed by atoms with Gasteiger partial charge in [-0.05, 0) is 17.7 Å². The maximum Gasteiger partial charge on any atom is 0.280 e. The third-order valence-corrected chi connectivity index (χ3v) is 4.01. The Kier molecular flexibility index (Phi) is 3.43. The number of nitrogens with two attached hydrogens (primary N) is 1. The minimum atomic E-state index is -0.217. The first-order valence-corrected chi connectivity index (χ1v) is 7.18. The molecular weight excluding hydrogens is 270 g/mol. The summed E-state index contributed by atoms with van der Waals surface area (Å²) in [5, 5.41) is 1.07. The molecule has 4 nitrogen and oxygen atoms in total. The molecule has 0 radical (unpaired) electrons. The third kappa shape index (κ3) is 2.40. The molecule has 0 atom stereocenters. The Bertz CT molecular complexity index is 799. The maximum atomic E-state index is 12.1. The van der Waals surface area contributed by atoms with Crippen LogP contribution in [0.4, 0.5) is 0 Å². The Labute approximate surface area is 120 Å². The van der Waals surface area contributed by atoms with E-state index >= 15 is 0 Å². The van der Waals surface area contributed by atoms with E-state index in [0.717, 1.165) is 10.4 Å². The number of fused-ring (bicyclic) bond motifs is 1. The predicted molar refractivity (Wildman–Crippen MR) is 82.2 cm³/mol. The zero-order chi connectivity index (χ0) is 13.9. The Balaban J connectivity index is 1.96. The molecule has 5 heteroatoms. The van der Waals surface area contributed by atoms with Crippen LogP contribution in [0.1, 0.15) is 5.56 Å². The molecule has 0 saturated heterocycles. The zero-order valence-corrected chi connectivity index (χ0v) is 11.5. The van der Waals surface area contributed by atoms with Crippen LogP contribution in [0, 0.1) is 0 Å². The lowest BCUT2D eigenvalue weighted by atomic mass is 10.2. The lowest BCUT2D eigenvalue weighted by Gasteiger charge is -2.08. The minimum Gasteiger partial charge on any atom is -0.334 e. The highest BCUT2D eigenvalue weighted by molar-refractivity contribution is 7.98. The van der Waals surface area contributed by atoms with Crippen LogP contribution in [0.25, 0.3) is 10.9 Å². The normalized spacial score (nSPS) is 10.8. The highest BCUT2D eigenvalue weighted by Gasteiger charge is 2.08. The van der Waals surface area contributed by atoms with E-state index in [0.29, 0.717) is 16.1 Å². The van der Waals surface area contributed by atoms with E-state index in [9.17, 15) is 4.79 Å². The van der Waals surface area contributed by atoms with Crippen molar-refractivity contribution in [2.75, 3.05) is 5.84 Å². The molecule has 0 amide bonds. The zero-order valence-electron chi connectivity index (χ0n) is 10.7. The molecule has 0 aliphatic carbocycles. The fourth-order valence-electron chi connectivity index (χ4n) is 1.95. The molecule has 0 aliphatic heterocycles. The van der Waals surface area contributed by atoms with Crippen molar-refractivity contribution in [3.05, 3.63) is 70.5 Å². The molecule has 0 aliphatic rings. The van der Waals surface area contributed by atoms with Crippen molar-refractivity contribution in [1.29, 1.82) is 0 Å². The van der Waals surface area contributed by atoms with Crippen LogP contribution in [0.15, 0.2) is 64.5 Å². The molecule has 1 aromatic heterocycles. The summed E-state index contributed by atoms with van der Waals surface area (Å²) in [5.41, 5.74) is 1.63. The van der Waals surface area contributed by atoms with Crippen LogP contribution in [0.2, 0.25) is 0 Å². The Morgan fingerprint density at radius 3 is 2.55 bits per heavy atom. The number of benzene rings is 2. The first kappa shape index (κ1) is 12.7. The summed E-state index contributed by atoms with van der Waals surface area (Å²) < 4.78 is 1.12. The van der Waals surface area contributed by atoms with Gasteiger partial charge in [-0.1, -0.05) is 54.2 Å². The first-order chi connectivity index (χ1) is 9.75. The smallest absolute Gasteiger partial charge is 0.280 e. The van der Waals surface area contributed by atoms with Gasteiger partial charge in [0, 0.05) is 5.75 Å². The van der Waals surface area contributed by atoms with Crippen molar-refractivity contribution in [2.24, 2.45) is 0 Å². The molecule has 20 heavy (non-hydrogen) atoms. The molecule has 0 spiro atoms. The van der Waals surface area contributed by atoms with Crippen molar-refractivity contribution < 1.29 is 0 Å². The Hall–Kier alpha value is -2.27. The van der Waals surface area contributed by atoms with E-state index in [1.807, 2.05) is 48.5 Å². The topological polar surface area (TPSA) is 60.9 Å². The molecule has 1 heterocycles. The standard InChI is InChI=1S/C15H13N3OS/c16-18-14(19)12-8-4-5-9-13(12)17-15(18)20-10-11-6-2-1-3-7-11/h1-9H,10,16H2.